The Labute approximate surface area is 85.2 Å². The topological polar surface area (TPSA) is 104 Å². The van der Waals surface area contributed by atoms with E-state index in [0.29, 0.717) is 5.82 Å². The van der Waals surface area contributed by atoms with Gasteiger partial charge in [-0.15, -0.1) is 0 Å². The number of hydrogen-bond acceptors (Lipinski definition) is 4. The summed E-state index contributed by atoms with van der Waals surface area (Å²) in [4.78, 5) is 17.3. The average molecular weight is 207 g/mol. The van der Waals surface area contributed by atoms with E-state index in [-0.39, 0.29) is 0 Å². The molecule has 3 N–H and O–H groups in total. The van der Waals surface area contributed by atoms with Gasteiger partial charge in [-0.1, -0.05) is 0 Å². The van der Waals surface area contributed by atoms with Crippen LogP contribution in [0.2, 0.25) is 0 Å². The lowest BCUT2D eigenvalue weighted by atomic mass is 10.6. The molecule has 7 nitrogen and oxygen atoms in total. The summed E-state index contributed by atoms with van der Waals surface area (Å²) >= 11 is 0. The summed E-state index contributed by atoms with van der Waals surface area (Å²) in [5.41, 5.74) is 0. The van der Waals surface area contributed by atoms with Gasteiger partial charge in [-0.2, -0.15) is 5.10 Å². The van der Waals surface area contributed by atoms with Crippen LogP contribution in [0.3, 0.4) is 0 Å². The molecule has 0 aromatic carbocycles. The van der Waals surface area contributed by atoms with Crippen molar-refractivity contribution in [3.8, 4) is 0 Å². The summed E-state index contributed by atoms with van der Waals surface area (Å²) in [5.74, 6) is 0.308. The van der Waals surface area contributed by atoms with Crippen molar-refractivity contribution >= 4 is 11.9 Å². The van der Waals surface area contributed by atoms with E-state index in [2.05, 4.69) is 25.5 Å². The van der Waals surface area contributed by atoms with Gasteiger partial charge in [-0.25, -0.2) is 4.79 Å². The Bertz CT molecular complexity index is 348. The number of H-pyrrole nitrogens is 1. The molecule has 15 heavy (non-hydrogen) atoms. The molecule has 0 saturated heterocycles. The number of nitrogens with zero attached hydrogens (tertiary/aromatic N) is 3. The minimum Gasteiger partial charge on any atom is -0.465 e. The van der Waals surface area contributed by atoms with Gasteiger partial charge in [0.25, 0.3) is 0 Å². The minimum absolute atomic E-state index is 0.308. The molecule has 0 aliphatic heterocycles. The van der Waals surface area contributed by atoms with Crippen molar-refractivity contribution in [3.05, 3.63) is 37.1 Å². The van der Waals surface area contributed by atoms with E-state index < -0.39 is 6.09 Å². The van der Waals surface area contributed by atoms with E-state index in [9.17, 15) is 4.79 Å². The van der Waals surface area contributed by atoms with E-state index in [1.807, 2.05) is 0 Å². The quantitative estimate of drug-likeness (QED) is 0.646. The van der Waals surface area contributed by atoms with Crippen LogP contribution in [-0.4, -0.2) is 31.4 Å². The summed E-state index contributed by atoms with van der Waals surface area (Å²) in [7, 11) is 0. The zero-order chi connectivity index (χ0) is 10.9. The van der Waals surface area contributed by atoms with Crippen LogP contribution in [0.4, 0.5) is 10.6 Å². The van der Waals surface area contributed by atoms with Gasteiger partial charge in [0.2, 0.25) is 0 Å². The van der Waals surface area contributed by atoms with Crippen molar-refractivity contribution in [2.75, 3.05) is 5.32 Å². The highest BCUT2D eigenvalue weighted by atomic mass is 16.4. The fraction of sp³-hybridized carbons (Fsp3) is 0. The van der Waals surface area contributed by atoms with Crippen LogP contribution in [0.1, 0.15) is 0 Å². The van der Waals surface area contributed by atoms with E-state index in [1.54, 1.807) is 24.8 Å². The number of carbonyl (C=O) groups is 1. The second kappa shape index (κ2) is 6.08. The predicted octanol–water partition coefficient (Wildman–Crippen LogP) is 0.976. The SMILES string of the molecule is O=C(O)Nc1cc[nH]n1.c1cnccn1. The fourth-order valence-electron chi connectivity index (χ4n) is 0.693. The molecule has 0 unspecified atom stereocenters. The highest BCUT2D eigenvalue weighted by Crippen LogP contribution is 1.96. The lowest BCUT2D eigenvalue weighted by Crippen LogP contribution is -2.07. The van der Waals surface area contributed by atoms with E-state index in [0.717, 1.165) is 0 Å². The zero-order valence-electron chi connectivity index (χ0n) is 7.66. The Morgan fingerprint density at radius 3 is 2.20 bits per heavy atom. The second-order valence-electron chi connectivity index (χ2n) is 2.28. The van der Waals surface area contributed by atoms with Gasteiger partial charge in [-0.3, -0.25) is 20.4 Å². The van der Waals surface area contributed by atoms with Crippen LogP contribution in [0.5, 0.6) is 0 Å². The highest BCUT2D eigenvalue weighted by Gasteiger charge is 1.96. The second-order valence-corrected chi connectivity index (χ2v) is 2.28. The number of anilines is 1. The third kappa shape index (κ3) is 4.98. The monoisotopic (exact) mass is 207 g/mol. The van der Waals surface area contributed by atoms with Crippen LogP contribution < -0.4 is 5.32 Å². The normalized spacial score (nSPS) is 8.53. The maximum atomic E-state index is 9.90. The van der Waals surface area contributed by atoms with Gasteiger partial charge in [-0.05, 0) is 0 Å². The number of amides is 1. The van der Waals surface area contributed by atoms with Crippen LogP contribution in [0, 0.1) is 0 Å². The molecule has 0 radical (unpaired) electrons. The third-order valence-corrected chi connectivity index (χ3v) is 1.21. The lowest BCUT2D eigenvalue weighted by Gasteiger charge is -1.89. The fourth-order valence-corrected chi connectivity index (χ4v) is 0.693. The molecule has 0 bridgehead atoms. The summed E-state index contributed by atoms with van der Waals surface area (Å²) in [6.45, 7) is 0. The molecular weight excluding hydrogens is 198 g/mol. The first-order valence-corrected chi connectivity index (χ1v) is 3.99. The van der Waals surface area contributed by atoms with Gasteiger partial charge in [0, 0.05) is 37.1 Å². The molecule has 2 aromatic rings. The number of aromatic amines is 1. The number of aromatic nitrogens is 4. The van der Waals surface area contributed by atoms with E-state index >= 15 is 0 Å². The molecule has 0 saturated carbocycles. The summed E-state index contributed by atoms with van der Waals surface area (Å²) in [6.07, 6.45) is 6.98. The first-order chi connectivity index (χ1) is 7.29. The van der Waals surface area contributed by atoms with Gasteiger partial charge in [0.1, 0.15) is 0 Å². The van der Waals surface area contributed by atoms with Crippen molar-refractivity contribution in [2.45, 2.75) is 0 Å². The maximum Gasteiger partial charge on any atom is 0.410 e. The molecule has 0 spiro atoms. The molecule has 2 rings (SSSR count). The highest BCUT2D eigenvalue weighted by molar-refractivity contribution is 5.81. The molecule has 7 heteroatoms. The Hall–Kier alpha value is -2.44. The van der Waals surface area contributed by atoms with Crippen molar-refractivity contribution in [3.63, 3.8) is 0 Å². The largest absolute Gasteiger partial charge is 0.465 e. The number of hydrogen-bond donors (Lipinski definition) is 3. The summed E-state index contributed by atoms with van der Waals surface area (Å²) < 4.78 is 0. The Morgan fingerprint density at radius 1 is 1.27 bits per heavy atom. The van der Waals surface area contributed by atoms with Crippen LogP contribution in [0.25, 0.3) is 0 Å². The van der Waals surface area contributed by atoms with Gasteiger partial charge in [0.15, 0.2) is 5.82 Å². The molecular formula is C8H9N5O2. The van der Waals surface area contributed by atoms with Crippen LogP contribution in [0.15, 0.2) is 37.1 Å². The van der Waals surface area contributed by atoms with Crippen molar-refractivity contribution in [1.82, 2.24) is 20.2 Å². The van der Waals surface area contributed by atoms with E-state index in [1.165, 1.54) is 12.3 Å². The van der Waals surface area contributed by atoms with Crippen molar-refractivity contribution in [1.29, 1.82) is 0 Å². The first-order valence-electron chi connectivity index (χ1n) is 3.99. The average Bonchev–Trinajstić information content (AvgIpc) is 2.73. The summed E-state index contributed by atoms with van der Waals surface area (Å²) in [6, 6.07) is 1.52. The first kappa shape index (κ1) is 10.6. The molecule has 0 atom stereocenters. The predicted molar refractivity (Wildman–Crippen MR) is 52.3 cm³/mol. The number of rotatable bonds is 1. The molecule has 0 aliphatic rings. The minimum atomic E-state index is -1.11. The molecule has 0 aliphatic carbocycles. The Balaban J connectivity index is 0.000000162. The van der Waals surface area contributed by atoms with Crippen LogP contribution in [-0.2, 0) is 0 Å². The summed E-state index contributed by atoms with van der Waals surface area (Å²) in [5, 5.41) is 16.2. The van der Waals surface area contributed by atoms with Gasteiger partial charge >= 0.3 is 6.09 Å². The Morgan fingerprint density at radius 2 is 1.87 bits per heavy atom. The van der Waals surface area contributed by atoms with Crippen molar-refractivity contribution in [2.24, 2.45) is 0 Å². The number of carboxylic acid groups (broad SMARTS) is 1. The maximum absolute atomic E-state index is 9.90. The molecule has 1 amide bonds. The standard InChI is InChI=1S/C4H5N3O2.C4H4N2/c8-4(9)6-3-1-2-5-7-3;1-2-6-4-3-5-1/h1-2H,(H,8,9)(H2,5,6,7);1-4H. The zero-order valence-corrected chi connectivity index (χ0v) is 7.66. The van der Waals surface area contributed by atoms with Gasteiger partial charge in [0.05, 0.1) is 0 Å². The smallest absolute Gasteiger partial charge is 0.410 e. The third-order valence-electron chi connectivity index (χ3n) is 1.21. The Kier molecular flexibility index (Phi) is 4.31. The van der Waals surface area contributed by atoms with Crippen molar-refractivity contribution < 1.29 is 9.90 Å². The van der Waals surface area contributed by atoms with Gasteiger partial charge < -0.3 is 5.11 Å². The van der Waals surface area contributed by atoms with E-state index in [4.69, 9.17) is 5.11 Å². The molecule has 2 aromatic heterocycles. The van der Waals surface area contributed by atoms with Crippen LogP contribution >= 0.6 is 0 Å². The molecule has 78 valence electrons. The molecule has 2 heterocycles. The number of nitrogens with one attached hydrogen (secondary N) is 2. The lowest BCUT2D eigenvalue weighted by molar-refractivity contribution is 0.209. The molecule has 0 fully saturated rings.